The summed E-state index contributed by atoms with van der Waals surface area (Å²) in [5.41, 5.74) is 0.582. The Morgan fingerprint density at radius 2 is 1.74 bits per heavy atom. The van der Waals surface area contributed by atoms with Gasteiger partial charge in [-0.3, -0.25) is 14.7 Å². The number of alkyl halides is 3. The number of likely N-dealkylation sites (N-methyl/N-ethyl adjacent to an activating group) is 1. The van der Waals surface area contributed by atoms with E-state index in [0.717, 1.165) is 17.7 Å². The Bertz CT molecular complexity index is 917. The normalized spacial score (nSPS) is 19.1. The van der Waals surface area contributed by atoms with Crippen molar-refractivity contribution in [2.75, 3.05) is 20.1 Å². The molecule has 0 saturated carbocycles. The lowest BCUT2D eigenvalue weighted by atomic mass is 9.94. The topological polar surface area (TPSA) is 33.2 Å². The van der Waals surface area contributed by atoms with Crippen LogP contribution in [0.25, 0.3) is 12.2 Å². The van der Waals surface area contributed by atoms with Crippen molar-refractivity contribution in [1.82, 2.24) is 9.88 Å². The molecule has 0 aliphatic carbocycles. The van der Waals surface area contributed by atoms with Crippen LogP contribution in [0.3, 0.4) is 0 Å². The Morgan fingerprint density at radius 3 is 2.30 bits per heavy atom. The van der Waals surface area contributed by atoms with Crippen LogP contribution in [0.2, 0.25) is 0 Å². The van der Waals surface area contributed by atoms with Crippen LogP contribution in [0.4, 0.5) is 17.6 Å². The van der Waals surface area contributed by atoms with Gasteiger partial charge in [0, 0.05) is 36.6 Å². The van der Waals surface area contributed by atoms with Gasteiger partial charge in [-0.15, -0.1) is 0 Å². The first-order valence-corrected chi connectivity index (χ1v) is 8.15. The second-order valence-corrected chi connectivity index (χ2v) is 6.36. The molecule has 0 spiro atoms. The van der Waals surface area contributed by atoms with E-state index in [1.165, 1.54) is 6.08 Å². The molecule has 2 aromatic rings. The van der Waals surface area contributed by atoms with Crippen molar-refractivity contribution in [3.05, 3.63) is 76.4 Å². The highest BCUT2D eigenvalue weighted by atomic mass is 19.4. The number of nitrogens with zero attached hydrogens (tertiary/aromatic N) is 2. The van der Waals surface area contributed by atoms with Gasteiger partial charge >= 0.3 is 6.18 Å². The zero-order valence-electron chi connectivity index (χ0n) is 14.4. The number of ketones is 1. The van der Waals surface area contributed by atoms with Gasteiger partial charge in [0.15, 0.2) is 5.78 Å². The van der Waals surface area contributed by atoms with Crippen molar-refractivity contribution in [3.63, 3.8) is 0 Å². The zero-order valence-corrected chi connectivity index (χ0v) is 14.4. The monoisotopic (exact) mass is 376 g/mol. The number of likely N-dealkylation sites (tertiary alicyclic amines) is 1. The fraction of sp³-hybridized carbons (Fsp3) is 0.200. The molecule has 140 valence electrons. The Labute approximate surface area is 153 Å². The summed E-state index contributed by atoms with van der Waals surface area (Å²) in [5.74, 6) is -1.57. The summed E-state index contributed by atoms with van der Waals surface area (Å²) in [4.78, 5) is 18.6. The van der Waals surface area contributed by atoms with E-state index in [9.17, 15) is 22.4 Å². The number of aromatic nitrogens is 1. The molecule has 1 aliphatic rings. The quantitative estimate of drug-likeness (QED) is 0.581. The van der Waals surface area contributed by atoms with Gasteiger partial charge in [0.2, 0.25) is 0 Å². The molecule has 1 saturated heterocycles. The van der Waals surface area contributed by atoms with Gasteiger partial charge in [-0.1, -0.05) is 12.1 Å². The van der Waals surface area contributed by atoms with E-state index in [2.05, 4.69) is 4.98 Å². The lowest BCUT2D eigenvalue weighted by Crippen LogP contribution is -2.34. The number of pyridine rings is 1. The summed E-state index contributed by atoms with van der Waals surface area (Å²) in [6.07, 6.45) is 1.66. The second kappa shape index (κ2) is 7.44. The van der Waals surface area contributed by atoms with Gasteiger partial charge < -0.3 is 0 Å². The number of hydrogen-bond donors (Lipinski definition) is 0. The fourth-order valence-corrected chi connectivity index (χ4v) is 2.92. The summed E-state index contributed by atoms with van der Waals surface area (Å²) in [7, 11) is 1.82. The first-order chi connectivity index (χ1) is 12.7. The predicted molar refractivity (Wildman–Crippen MR) is 94.1 cm³/mol. The maximum absolute atomic E-state index is 13.8. The van der Waals surface area contributed by atoms with Gasteiger partial charge in [-0.05, 0) is 48.5 Å². The molecule has 0 atom stereocenters. The summed E-state index contributed by atoms with van der Waals surface area (Å²) in [6, 6.07) is 6.21. The van der Waals surface area contributed by atoms with Crippen LogP contribution in [0.5, 0.6) is 0 Å². The number of rotatable bonds is 2. The van der Waals surface area contributed by atoms with Gasteiger partial charge in [0.05, 0.1) is 5.56 Å². The largest absolute Gasteiger partial charge is 0.419 e. The first-order valence-electron chi connectivity index (χ1n) is 8.15. The minimum Gasteiger partial charge on any atom is -0.298 e. The molecular weight excluding hydrogens is 360 g/mol. The average molecular weight is 376 g/mol. The van der Waals surface area contributed by atoms with Crippen LogP contribution in [-0.4, -0.2) is 35.8 Å². The smallest absolute Gasteiger partial charge is 0.298 e. The van der Waals surface area contributed by atoms with Crippen molar-refractivity contribution in [2.45, 2.75) is 6.18 Å². The molecule has 0 bridgehead atoms. The minimum atomic E-state index is -4.75. The van der Waals surface area contributed by atoms with Gasteiger partial charge in [0.25, 0.3) is 0 Å². The highest BCUT2D eigenvalue weighted by Crippen LogP contribution is 2.32. The van der Waals surface area contributed by atoms with Crippen LogP contribution < -0.4 is 0 Å². The number of benzene rings is 1. The van der Waals surface area contributed by atoms with E-state index in [4.69, 9.17) is 0 Å². The third kappa shape index (κ3) is 4.49. The predicted octanol–water partition coefficient (Wildman–Crippen LogP) is 4.22. The molecule has 2 heterocycles. The number of piperidine rings is 1. The maximum atomic E-state index is 13.8. The molecule has 7 heteroatoms. The average Bonchev–Trinajstić information content (AvgIpc) is 2.59. The fourth-order valence-electron chi connectivity index (χ4n) is 2.92. The van der Waals surface area contributed by atoms with Crippen LogP contribution in [0.1, 0.15) is 16.7 Å². The van der Waals surface area contributed by atoms with Crippen molar-refractivity contribution < 1.29 is 22.4 Å². The molecule has 1 aromatic carbocycles. The van der Waals surface area contributed by atoms with Crippen LogP contribution >= 0.6 is 0 Å². The summed E-state index contributed by atoms with van der Waals surface area (Å²) in [6.45, 7) is 0.762. The zero-order chi connectivity index (χ0) is 19.6. The maximum Gasteiger partial charge on any atom is 0.419 e. The van der Waals surface area contributed by atoms with Gasteiger partial charge in [-0.25, -0.2) is 4.39 Å². The lowest BCUT2D eigenvalue weighted by molar-refractivity contribution is -0.140. The molecule has 1 fully saturated rings. The first kappa shape index (κ1) is 19.0. The van der Waals surface area contributed by atoms with Gasteiger partial charge in [-0.2, -0.15) is 13.2 Å². The molecule has 1 aromatic heterocycles. The lowest BCUT2D eigenvalue weighted by Gasteiger charge is -2.26. The Balaban J connectivity index is 1.92. The third-order valence-electron chi connectivity index (χ3n) is 4.13. The van der Waals surface area contributed by atoms with Crippen LogP contribution in [-0.2, 0) is 11.0 Å². The number of carbonyl (C=O) groups is 1. The molecular formula is C20H16F4N2O. The van der Waals surface area contributed by atoms with E-state index in [1.807, 2.05) is 18.0 Å². The Morgan fingerprint density at radius 1 is 1.07 bits per heavy atom. The molecule has 0 unspecified atom stereocenters. The molecule has 0 N–H and O–H groups in total. The van der Waals surface area contributed by atoms with Crippen LogP contribution in [0, 0.1) is 5.82 Å². The highest BCUT2D eigenvalue weighted by Gasteiger charge is 2.34. The molecule has 0 amide bonds. The minimum absolute atomic E-state index is 0.208. The van der Waals surface area contributed by atoms with Crippen LogP contribution in [0.15, 0.2) is 53.9 Å². The van der Waals surface area contributed by atoms with Crippen molar-refractivity contribution in [2.24, 2.45) is 0 Å². The number of Topliss-reactive ketones (excluding diaryl/α,β-unsaturated/α-hetero) is 1. The van der Waals surface area contributed by atoms with E-state index >= 15 is 0 Å². The van der Waals surface area contributed by atoms with E-state index < -0.39 is 17.6 Å². The van der Waals surface area contributed by atoms with E-state index in [-0.39, 0.29) is 11.3 Å². The molecule has 3 rings (SSSR count). The SMILES string of the molecule is CN1CC(=Cc2cccnc2)C(=O)/C(=C/c2ccc(C(F)(F)F)c(F)c2)C1. The third-order valence-corrected chi connectivity index (χ3v) is 4.13. The molecule has 27 heavy (non-hydrogen) atoms. The Hall–Kier alpha value is -2.80. The van der Waals surface area contributed by atoms with Crippen molar-refractivity contribution >= 4 is 17.9 Å². The summed E-state index contributed by atoms with van der Waals surface area (Å²) < 4.78 is 51.8. The second-order valence-electron chi connectivity index (χ2n) is 6.36. The van der Waals surface area contributed by atoms with E-state index in [1.54, 1.807) is 24.5 Å². The van der Waals surface area contributed by atoms with E-state index in [0.29, 0.717) is 30.3 Å². The van der Waals surface area contributed by atoms with Gasteiger partial charge in [0.1, 0.15) is 5.82 Å². The highest BCUT2D eigenvalue weighted by molar-refractivity contribution is 6.14. The number of carbonyl (C=O) groups excluding carboxylic acids is 1. The molecule has 1 aliphatic heterocycles. The molecule has 3 nitrogen and oxygen atoms in total. The Kier molecular flexibility index (Phi) is 5.23. The number of halogens is 4. The summed E-state index contributed by atoms with van der Waals surface area (Å²) >= 11 is 0. The molecule has 0 radical (unpaired) electrons. The number of hydrogen-bond acceptors (Lipinski definition) is 3. The standard InChI is InChI=1S/C20H16F4N2O/c1-26-11-15(7-13-4-5-17(18(21)9-13)20(22,23)24)19(27)16(12-26)8-14-3-2-6-25-10-14/h2-10H,11-12H2,1H3/b15-7+,16-8?. The van der Waals surface area contributed by atoms with Crippen molar-refractivity contribution in [1.29, 1.82) is 0 Å². The summed E-state index contributed by atoms with van der Waals surface area (Å²) in [5, 5.41) is 0. The van der Waals surface area contributed by atoms with Crippen molar-refractivity contribution in [3.8, 4) is 0 Å².